The zero-order valence-corrected chi connectivity index (χ0v) is 11.9. The summed E-state index contributed by atoms with van der Waals surface area (Å²) in [6.07, 6.45) is 0. The van der Waals surface area contributed by atoms with E-state index in [2.05, 4.69) is 5.32 Å². The monoisotopic (exact) mass is 263 g/mol. The van der Waals surface area contributed by atoms with Crippen molar-refractivity contribution in [3.05, 3.63) is 29.3 Å². The molecule has 0 bridgehead atoms. The predicted molar refractivity (Wildman–Crippen MR) is 75.8 cm³/mol. The third-order valence-electron chi connectivity index (χ3n) is 3.21. The van der Waals surface area contributed by atoms with E-state index < -0.39 is 11.9 Å². The lowest BCUT2D eigenvalue weighted by molar-refractivity contribution is -0.123. The number of hydrogen-bond donors (Lipinski definition) is 2. The molecule has 0 aromatic heterocycles. The molecule has 0 radical (unpaired) electrons. The molecule has 5 nitrogen and oxygen atoms in total. The zero-order valence-electron chi connectivity index (χ0n) is 11.9. The molecule has 1 aromatic rings. The number of nitrogens with two attached hydrogens (primary N) is 1. The van der Waals surface area contributed by atoms with Crippen LogP contribution >= 0.6 is 0 Å². The summed E-state index contributed by atoms with van der Waals surface area (Å²) in [6, 6.07) is 5.36. The molecular formula is C14H21N3O2. The Morgan fingerprint density at radius 2 is 1.84 bits per heavy atom. The third kappa shape index (κ3) is 4.06. The predicted octanol–water partition coefficient (Wildman–Crippen LogP) is 1.05. The molecule has 5 heteroatoms. The molecule has 1 atom stereocenters. The van der Waals surface area contributed by atoms with Crippen LogP contribution < -0.4 is 11.1 Å². The fraction of sp³-hybridized carbons (Fsp3) is 0.429. The lowest BCUT2D eigenvalue weighted by Crippen LogP contribution is -2.43. The molecule has 0 fully saturated rings. The van der Waals surface area contributed by atoms with Crippen LogP contribution in [-0.4, -0.2) is 36.3 Å². The van der Waals surface area contributed by atoms with Crippen LogP contribution in [0.3, 0.4) is 0 Å². The smallest absolute Gasteiger partial charge is 0.238 e. The van der Waals surface area contributed by atoms with Gasteiger partial charge in [-0.2, -0.15) is 0 Å². The highest BCUT2D eigenvalue weighted by atomic mass is 16.2. The van der Waals surface area contributed by atoms with E-state index in [0.717, 1.165) is 16.8 Å². The second kappa shape index (κ2) is 6.33. The Morgan fingerprint density at radius 3 is 2.32 bits per heavy atom. The van der Waals surface area contributed by atoms with Crippen LogP contribution in [0.15, 0.2) is 18.2 Å². The molecule has 1 rings (SSSR count). The molecule has 0 saturated heterocycles. The normalized spacial score (nSPS) is 12.3. The van der Waals surface area contributed by atoms with E-state index in [1.54, 1.807) is 18.9 Å². The number of amides is 2. The number of likely N-dealkylation sites (N-methyl/N-ethyl adjacent to an activating group) is 1. The number of aryl methyl sites for hydroxylation is 2. The van der Waals surface area contributed by atoms with Crippen molar-refractivity contribution in [3.63, 3.8) is 0 Å². The molecule has 0 saturated carbocycles. The molecule has 1 unspecified atom stereocenters. The molecule has 1 aromatic carbocycles. The van der Waals surface area contributed by atoms with Crippen molar-refractivity contribution in [2.24, 2.45) is 5.73 Å². The van der Waals surface area contributed by atoms with Gasteiger partial charge in [-0.1, -0.05) is 18.2 Å². The van der Waals surface area contributed by atoms with Gasteiger partial charge in [0, 0.05) is 5.69 Å². The van der Waals surface area contributed by atoms with Crippen LogP contribution in [0, 0.1) is 13.8 Å². The molecule has 2 amide bonds. The third-order valence-corrected chi connectivity index (χ3v) is 3.21. The van der Waals surface area contributed by atoms with Gasteiger partial charge in [0.25, 0.3) is 0 Å². The molecule has 0 heterocycles. The van der Waals surface area contributed by atoms with Crippen molar-refractivity contribution < 1.29 is 9.59 Å². The maximum absolute atomic E-state index is 11.9. The number of anilines is 1. The summed E-state index contributed by atoms with van der Waals surface area (Å²) in [4.78, 5) is 24.6. The summed E-state index contributed by atoms with van der Waals surface area (Å²) in [6.45, 7) is 5.68. The van der Waals surface area contributed by atoms with Crippen LogP contribution in [0.2, 0.25) is 0 Å². The molecule has 0 spiro atoms. The largest absolute Gasteiger partial charge is 0.368 e. The summed E-state index contributed by atoms with van der Waals surface area (Å²) < 4.78 is 0. The van der Waals surface area contributed by atoms with Crippen LogP contribution in [0.5, 0.6) is 0 Å². The maximum atomic E-state index is 11.9. The van der Waals surface area contributed by atoms with Gasteiger partial charge >= 0.3 is 0 Å². The number of nitrogens with zero attached hydrogens (tertiary/aromatic N) is 1. The standard InChI is InChI=1S/C14H21N3O2/c1-9-6-5-7-10(2)13(9)16-12(18)8-17(4)11(3)14(15)19/h5-7,11H,8H2,1-4H3,(H2,15,19)(H,16,18). The van der Waals surface area contributed by atoms with Gasteiger partial charge in [-0.3, -0.25) is 14.5 Å². The highest BCUT2D eigenvalue weighted by Crippen LogP contribution is 2.19. The summed E-state index contributed by atoms with van der Waals surface area (Å²) in [7, 11) is 1.69. The average molecular weight is 263 g/mol. The molecule has 0 aliphatic carbocycles. The number of rotatable bonds is 5. The average Bonchev–Trinajstić information content (AvgIpc) is 2.32. The number of nitrogens with one attached hydrogen (secondary N) is 1. The van der Waals surface area contributed by atoms with E-state index in [0.29, 0.717) is 0 Å². The quantitative estimate of drug-likeness (QED) is 0.833. The second-order valence-electron chi connectivity index (χ2n) is 4.81. The van der Waals surface area contributed by atoms with E-state index in [4.69, 9.17) is 5.73 Å². The number of para-hydroxylation sites is 1. The Labute approximate surface area is 113 Å². The fourth-order valence-corrected chi connectivity index (χ4v) is 1.77. The Balaban J connectivity index is 2.68. The lowest BCUT2D eigenvalue weighted by Gasteiger charge is -2.21. The molecule has 19 heavy (non-hydrogen) atoms. The van der Waals surface area contributed by atoms with Gasteiger partial charge in [0.1, 0.15) is 0 Å². The van der Waals surface area contributed by atoms with Crippen LogP contribution in [0.25, 0.3) is 0 Å². The minimum atomic E-state index is -0.469. The SMILES string of the molecule is Cc1cccc(C)c1NC(=O)CN(C)C(C)C(N)=O. The molecule has 0 aliphatic heterocycles. The minimum Gasteiger partial charge on any atom is -0.368 e. The Kier molecular flexibility index (Phi) is 5.06. The first kappa shape index (κ1) is 15.2. The summed E-state index contributed by atoms with van der Waals surface area (Å²) in [5, 5.41) is 2.87. The summed E-state index contributed by atoms with van der Waals surface area (Å²) in [5.74, 6) is -0.602. The van der Waals surface area contributed by atoms with E-state index >= 15 is 0 Å². The number of primary amides is 1. The Hall–Kier alpha value is -1.88. The summed E-state index contributed by atoms with van der Waals surface area (Å²) in [5.41, 5.74) is 8.05. The fourth-order valence-electron chi connectivity index (χ4n) is 1.77. The van der Waals surface area contributed by atoms with E-state index in [9.17, 15) is 9.59 Å². The molecule has 3 N–H and O–H groups in total. The lowest BCUT2D eigenvalue weighted by atomic mass is 10.1. The van der Waals surface area contributed by atoms with E-state index in [-0.39, 0.29) is 12.5 Å². The summed E-state index contributed by atoms with van der Waals surface area (Å²) >= 11 is 0. The Morgan fingerprint density at radius 1 is 1.32 bits per heavy atom. The number of carbonyl (C=O) groups is 2. The first-order valence-corrected chi connectivity index (χ1v) is 6.18. The first-order chi connectivity index (χ1) is 8.82. The molecule has 0 aliphatic rings. The Bertz CT molecular complexity index is 465. The first-order valence-electron chi connectivity index (χ1n) is 6.18. The molecule has 104 valence electrons. The van der Waals surface area contributed by atoms with E-state index in [1.165, 1.54) is 0 Å². The topological polar surface area (TPSA) is 75.4 Å². The van der Waals surface area contributed by atoms with Gasteiger partial charge in [-0.25, -0.2) is 0 Å². The van der Waals surface area contributed by atoms with E-state index in [1.807, 2.05) is 32.0 Å². The second-order valence-corrected chi connectivity index (χ2v) is 4.81. The minimum absolute atomic E-state index is 0.123. The van der Waals surface area contributed by atoms with Gasteiger partial charge in [-0.15, -0.1) is 0 Å². The van der Waals surface area contributed by atoms with Gasteiger partial charge in [0.15, 0.2) is 0 Å². The number of carbonyl (C=O) groups excluding carboxylic acids is 2. The van der Waals surface area contributed by atoms with Crippen molar-refractivity contribution in [2.45, 2.75) is 26.8 Å². The zero-order chi connectivity index (χ0) is 14.6. The maximum Gasteiger partial charge on any atom is 0.238 e. The number of hydrogen-bond acceptors (Lipinski definition) is 3. The van der Waals surface area contributed by atoms with Gasteiger partial charge < -0.3 is 11.1 Å². The van der Waals surface area contributed by atoms with Crippen molar-refractivity contribution in [1.82, 2.24) is 4.90 Å². The highest BCUT2D eigenvalue weighted by molar-refractivity contribution is 5.94. The van der Waals surface area contributed by atoms with Gasteiger partial charge in [-0.05, 0) is 38.9 Å². The highest BCUT2D eigenvalue weighted by Gasteiger charge is 2.18. The van der Waals surface area contributed by atoms with Crippen LogP contribution in [-0.2, 0) is 9.59 Å². The van der Waals surface area contributed by atoms with Gasteiger partial charge in [0.05, 0.1) is 12.6 Å². The van der Waals surface area contributed by atoms with Crippen LogP contribution in [0.1, 0.15) is 18.1 Å². The van der Waals surface area contributed by atoms with Crippen molar-refractivity contribution in [2.75, 3.05) is 18.9 Å². The van der Waals surface area contributed by atoms with Crippen molar-refractivity contribution in [1.29, 1.82) is 0 Å². The molecular weight excluding hydrogens is 242 g/mol. The number of benzene rings is 1. The van der Waals surface area contributed by atoms with Crippen LogP contribution in [0.4, 0.5) is 5.69 Å². The van der Waals surface area contributed by atoms with Crippen molar-refractivity contribution in [3.8, 4) is 0 Å². The van der Waals surface area contributed by atoms with Gasteiger partial charge in [0.2, 0.25) is 11.8 Å². The van der Waals surface area contributed by atoms with Crippen molar-refractivity contribution >= 4 is 17.5 Å².